The highest BCUT2D eigenvalue weighted by atomic mass is 35.5. The Labute approximate surface area is 172 Å². The van der Waals surface area contributed by atoms with Crippen molar-refractivity contribution in [2.24, 2.45) is 0 Å². The SMILES string of the molecule is CCN(Cc1ccc(Cl)s1)C(=O)c1sccc1S(=O)(=O)N1CCC(O)CC1. The first-order chi connectivity index (χ1) is 12.8. The summed E-state index contributed by atoms with van der Waals surface area (Å²) in [5.74, 6) is -0.298. The number of thiophene rings is 2. The van der Waals surface area contributed by atoms with Gasteiger partial charge in [-0.3, -0.25) is 4.79 Å². The lowest BCUT2D eigenvalue weighted by Crippen LogP contribution is -2.40. The molecule has 3 heterocycles. The number of carbonyl (C=O) groups excluding carboxylic acids is 1. The molecule has 0 aliphatic carbocycles. The van der Waals surface area contributed by atoms with Crippen molar-refractivity contribution in [1.29, 1.82) is 0 Å². The average Bonchev–Trinajstić information content (AvgIpc) is 3.29. The maximum absolute atomic E-state index is 13.0. The summed E-state index contributed by atoms with van der Waals surface area (Å²) in [7, 11) is -3.76. The van der Waals surface area contributed by atoms with Crippen LogP contribution in [0, 0.1) is 0 Å². The highest BCUT2D eigenvalue weighted by molar-refractivity contribution is 7.89. The molecule has 0 spiro atoms. The third-order valence-corrected chi connectivity index (χ3v) is 8.70. The van der Waals surface area contributed by atoms with Gasteiger partial charge in [0.05, 0.1) is 17.0 Å². The molecule has 0 bridgehead atoms. The molecule has 0 atom stereocenters. The minimum atomic E-state index is -3.76. The zero-order valence-corrected chi connectivity index (χ0v) is 18.0. The summed E-state index contributed by atoms with van der Waals surface area (Å²) >= 11 is 8.50. The predicted molar refractivity (Wildman–Crippen MR) is 108 cm³/mol. The molecular formula is C17H21ClN2O4S3. The summed E-state index contributed by atoms with van der Waals surface area (Å²) in [6, 6.07) is 5.15. The number of carbonyl (C=O) groups is 1. The molecule has 0 unspecified atom stereocenters. The van der Waals surface area contributed by atoms with Crippen LogP contribution >= 0.6 is 34.3 Å². The number of rotatable bonds is 6. The smallest absolute Gasteiger partial charge is 0.265 e. The molecular weight excluding hydrogens is 428 g/mol. The van der Waals surface area contributed by atoms with Gasteiger partial charge >= 0.3 is 0 Å². The first kappa shape index (κ1) is 20.8. The van der Waals surface area contributed by atoms with Gasteiger partial charge in [-0.25, -0.2) is 8.42 Å². The molecule has 1 N–H and O–H groups in total. The van der Waals surface area contributed by atoms with E-state index >= 15 is 0 Å². The predicted octanol–water partition coefficient (Wildman–Crippen LogP) is 3.27. The highest BCUT2D eigenvalue weighted by Crippen LogP contribution is 2.30. The molecule has 3 rings (SSSR count). The van der Waals surface area contributed by atoms with Gasteiger partial charge in [0.25, 0.3) is 5.91 Å². The molecule has 1 saturated heterocycles. The van der Waals surface area contributed by atoms with Gasteiger partial charge in [0.2, 0.25) is 10.0 Å². The van der Waals surface area contributed by atoms with Crippen molar-refractivity contribution in [3.05, 3.63) is 37.7 Å². The normalized spacial score (nSPS) is 16.6. The lowest BCUT2D eigenvalue weighted by molar-refractivity contribution is 0.0754. The monoisotopic (exact) mass is 448 g/mol. The van der Waals surface area contributed by atoms with Crippen LogP contribution in [-0.4, -0.2) is 54.4 Å². The van der Waals surface area contributed by atoms with Gasteiger partial charge in [-0.15, -0.1) is 22.7 Å². The molecule has 6 nitrogen and oxygen atoms in total. The van der Waals surface area contributed by atoms with E-state index < -0.39 is 16.1 Å². The third-order valence-electron chi connectivity index (χ3n) is 4.51. The Kier molecular flexibility index (Phi) is 6.60. The van der Waals surface area contributed by atoms with Gasteiger partial charge in [-0.1, -0.05) is 11.6 Å². The first-order valence-corrected chi connectivity index (χ1v) is 12.1. The zero-order valence-electron chi connectivity index (χ0n) is 14.8. The molecule has 1 aliphatic heterocycles. The lowest BCUT2D eigenvalue weighted by Gasteiger charge is -2.29. The van der Waals surface area contributed by atoms with Crippen molar-refractivity contribution in [3.8, 4) is 0 Å². The topological polar surface area (TPSA) is 77.9 Å². The van der Waals surface area contributed by atoms with E-state index in [1.807, 2.05) is 13.0 Å². The maximum atomic E-state index is 13.0. The van der Waals surface area contributed by atoms with E-state index in [1.165, 1.54) is 21.7 Å². The minimum absolute atomic E-state index is 0.0524. The van der Waals surface area contributed by atoms with Gasteiger partial charge in [-0.05, 0) is 43.3 Å². The Hall–Kier alpha value is -0.970. The molecule has 27 heavy (non-hydrogen) atoms. The number of piperidine rings is 1. The van der Waals surface area contributed by atoms with Gasteiger partial charge in [0, 0.05) is 24.5 Å². The fraction of sp³-hybridized carbons (Fsp3) is 0.471. The minimum Gasteiger partial charge on any atom is -0.393 e. The van der Waals surface area contributed by atoms with Gasteiger partial charge in [0.1, 0.15) is 9.77 Å². The molecule has 1 fully saturated rings. The lowest BCUT2D eigenvalue weighted by atomic mass is 10.1. The van der Waals surface area contributed by atoms with Gasteiger partial charge in [0.15, 0.2) is 0 Å². The van der Waals surface area contributed by atoms with E-state index in [2.05, 4.69) is 0 Å². The number of hydrogen-bond acceptors (Lipinski definition) is 6. The van der Waals surface area contributed by atoms with Crippen molar-refractivity contribution in [3.63, 3.8) is 0 Å². The van der Waals surface area contributed by atoms with Crippen LogP contribution in [0.15, 0.2) is 28.5 Å². The Bertz CT molecular complexity index is 901. The number of halogens is 1. The highest BCUT2D eigenvalue weighted by Gasteiger charge is 2.33. The number of aliphatic hydroxyl groups is 1. The van der Waals surface area contributed by atoms with Crippen molar-refractivity contribution in [1.82, 2.24) is 9.21 Å². The second kappa shape index (κ2) is 8.59. The molecule has 2 aromatic rings. The van der Waals surface area contributed by atoms with Crippen LogP contribution < -0.4 is 0 Å². The molecule has 0 aromatic carbocycles. The van der Waals surface area contributed by atoms with Gasteiger partial charge < -0.3 is 10.0 Å². The number of aliphatic hydroxyl groups excluding tert-OH is 1. The number of amides is 1. The summed E-state index contributed by atoms with van der Waals surface area (Å²) < 4.78 is 28.0. The van der Waals surface area contributed by atoms with E-state index in [9.17, 15) is 18.3 Å². The standard InChI is InChI=1S/C17H21ClN2O4S3/c1-2-19(11-13-3-4-15(18)26-13)17(22)16-14(7-10-25-16)27(23,24)20-8-5-12(21)6-9-20/h3-4,7,10,12,21H,2,5-6,8-9,11H2,1H3. The summed E-state index contributed by atoms with van der Waals surface area (Å²) in [6.45, 7) is 3.24. The average molecular weight is 449 g/mol. The summed E-state index contributed by atoms with van der Waals surface area (Å²) in [6.07, 6.45) is 0.355. The van der Waals surface area contributed by atoms with Crippen LogP contribution in [-0.2, 0) is 16.6 Å². The van der Waals surface area contributed by atoms with E-state index in [4.69, 9.17) is 11.6 Å². The molecule has 0 radical (unpaired) electrons. The first-order valence-electron chi connectivity index (χ1n) is 8.62. The molecule has 10 heteroatoms. The van der Waals surface area contributed by atoms with E-state index in [0.717, 1.165) is 16.2 Å². The van der Waals surface area contributed by atoms with Crippen LogP contribution in [0.5, 0.6) is 0 Å². The molecule has 148 valence electrons. The summed E-state index contributed by atoms with van der Waals surface area (Å²) in [5, 5.41) is 11.3. The van der Waals surface area contributed by atoms with Crippen LogP contribution in [0.2, 0.25) is 4.34 Å². The number of hydrogen-bond donors (Lipinski definition) is 1. The largest absolute Gasteiger partial charge is 0.393 e. The second-order valence-corrected chi connectivity index (χ2v) is 10.9. The van der Waals surface area contributed by atoms with Crippen LogP contribution in [0.1, 0.15) is 34.3 Å². The second-order valence-electron chi connectivity index (χ2n) is 6.27. The molecule has 0 saturated carbocycles. The Morgan fingerprint density at radius 2 is 2.04 bits per heavy atom. The van der Waals surface area contributed by atoms with Crippen molar-refractivity contribution in [2.45, 2.75) is 37.3 Å². The summed E-state index contributed by atoms with van der Waals surface area (Å²) in [5.41, 5.74) is 0. The summed E-state index contributed by atoms with van der Waals surface area (Å²) in [4.78, 5) is 15.9. The van der Waals surface area contributed by atoms with Gasteiger partial charge in [-0.2, -0.15) is 4.31 Å². The van der Waals surface area contributed by atoms with Crippen molar-refractivity contribution in [2.75, 3.05) is 19.6 Å². The van der Waals surface area contributed by atoms with Crippen LogP contribution in [0.4, 0.5) is 0 Å². The Balaban J connectivity index is 1.83. The number of sulfonamides is 1. The van der Waals surface area contributed by atoms with Crippen LogP contribution in [0.25, 0.3) is 0 Å². The van der Waals surface area contributed by atoms with E-state index in [0.29, 0.717) is 30.3 Å². The molecule has 1 aliphatic rings. The third kappa shape index (κ3) is 4.55. The van der Waals surface area contributed by atoms with Crippen molar-refractivity contribution >= 4 is 50.2 Å². The van der Waals surface area contributed by atoms with Crippen LogP contribution in [0.3, 0.4) is 0 Å². The van der Waals surface area contributed by atoms with E-state index in [-0.39, 0.29) is 28.8 Å². The molecule has 1 amide bonds. The fourth-order valence-corrected chi connectivity index (χ4v) is 6.91. The maximum Gasteiger partial charge on any atom is 0.265 e. The van der Waals surface area contributed by atoms with Crippen molar-refractivity contribution < 1.29 is 18.3 Å². The fourth-order valence-electron chi connectivity index (χ4n) is 2.97. The van der Waals surface area contributed by atoms with E-state index in [1.54, 1.807) is 16.3 Å². The number of nitrogens with zero attached hydrogens (tertiary/aromatic N) is 2. The Morgan fingerprint density at radius 3 is 2.63 bits per heavy atom. The zero-order chi connectivity index (χ0) is 19.6. The Morgan fingerprint density at radius 1 is 1.33 bits per heavy atom. The molecule has 2 aromatic heterocycles. The quantitative estimate of drug-likeness (QED) is 0.735.